The van der Waals surface area contributed by atoms with E-state index in [1.807, 2.05) is 28.9 Å². The van der Waals surface area contributed by atoms with Crippen molar-refractivity contribution < 1.29 is 8.42 Å². The Labute approximate surface area is 181 Å². The van der Waals surface area contributed by atoms with Gasteiger partial charge in [-0.15, -0.1) is 0 Å². The molecule has 6 heteroatoms. The number of hydrogen-bond donors (Lipinski definition) is 0. The zero-order chi connectivity index (χ0) is 21.5. The Morgan fingerprint density at radius 1 is 0.867 bits per heavy atom. The maximum atomic E-state index is 11.8. The highest BCUT2D eigenvalue weighted by Crippen LogP contribution is 2.32. The standard InChI is InChI=1S/C24H21ClN2O2S/c1-16-4-5-17(2)22(14-16)24-15-23(18-6-8-19(25)9-7-18)26-27(24)20-10-12-21(13-11-20)30(3,28)29/h4-15H,1-3H3. The number of rotatable bonds is 4. The van der Waals surface area contributed by atoms with Crippen LogP contribution in [0.4, 0.5) is 0 Å². The molecule has 4 nitrogen and oxygen atoms in total. The van der Waals surface area contributed by atoms with E-state index in [-0.39, 0.29) is 4.90 Å². The number of aromatic nitrogens is 2. The minimum atomic E-state index is -3.26. The van der Waals surface area contributed by atoms with Crippen molar-refractivity contribution in [1.29, 1.82) is 0 Å². The van der Waals surface area contributed by atoms with E-state index in [0.29, 0.717) is 5.02 Å². The number of nitrogens with zero attached hydrogens (tertiary/aromatic N) is 2. The topological polar surface area (TPSA) is 52.0 Å². The second-order valence-electron chi connectivity index (χ2n) is 7.42. The van der Waals surface area contributed by atoms with Crippen molar-refractivity contribution in [3.05, 3.63) is 88.9 Å². The molecule has 0 atom stereocenters. The highest BCUT2D eigenvalue weighted by Gasteiger charge is 2.16. The molecule has 0 radical (unpaired) electrons. The Morgan fingerprint density at radius 3 is 2.17 bits per heavy atom. The van der Waals surface area contributed by atoms with Crippen LogP contribution in [0.2, 0.25) is 5.02 Å². The van der Waals surface area contributed by atoms with Crippen LogP contribution < -0.4 is 0 Å². The van der Waals surface area contributed by atoms with Gasteiger partial charge in [0.25, 0.3) is 0 Å². The summed E-state index contributed by atoms with van der Waals surface area (Å²) in [6, 6.07) is 22.7. The maximum Gasteiger partial charge on any atom is 0.175 e. The Morgan fingerprint density at radius 2 is 1.53 bits per heavy atom. The molecule has 0 fully saturated rings. The molecule has 0 saturated heterocycles. The first-order valence-corrected chi connectivity index (χ1v) is 11.7. The normalized spacial score (nSPS) is 11.6. The van der Waals surface area contributed by atoms with Gasteiger partial charge in [0.15, 0.2) is 9.84 Å². The summed E-state index contributed by atoms with van der Waals surface area (Å²) in [5.41, 5.74) is 6.87. The fraction of sp³-hybridized carbons (Fsp3) is 0.125. The third-order valence-corrected chi connectivity index (χ3v) is 6.41. The van der Waals surface area contributed by atoms with Gasteiger partial charge in [0.2, 0.25) is 0 Å². The molecule has 0 unspecified atom stereocenters. The monoisotopic (exact) mass is 436 g/mol. The molecule has 152 valence electrons. The maximum absolute atomic E-state index is 11.8. The summed E-state index contributed by atoms with van der Waals surface area (Å²) in [5.74, 6) is 0. The highest BCUT2D eigenvalue weighted by atomic mass is 35.5. The summed E-state index contributed by atoms with van der Waals surface area (Å²) >= 11 is 6.04. The van der Waals surface area contributed by atoms with Crippen LogP contribution in [0.1, 0.15) is 11.1 Å². The van der Waals surface area contributed by atoms with Crippen LogP contribution in [0.25, 0.3) is 28.2 Å². The van der Waals surface area contributed by atoms with Crippen LogP contribution >= 0.6 is 11.6 Å². The predicted octanol–water partition coefficient (Wildman–Crippen LogP) is 5.88. The van der Waals surface area contributed by atoms with Crippen molar-refractivity contribution >= 4 is 21.4 Å². The van der Waals surface area contributed by atoms with Crippen molar-refractivity contribution in [2.45, 2.75) is 18.7 Å². The molecule has 1 heterocycles. The molecule has 0 N–H and O–H groups in total. The van der Waals surface area contributed by atoms with E-state index in [1.165, 1.54) is 6.26 Å². The van der Waals surface area contributed by atoms with Gasteiger partial charge in [0.1, 0.15) is 0 Å². The Balaban J connectivity index is 1.91. The van der Waals surface area contributed by atoms with Gasteiger partial charge in [0, 0.05) is 22.4 Å². The van der Waals surface area contributed by atoms with Gasteiger partial charge in [-0.05, 0) is 67.9 Å². The summed E-state index contributed by atoms with van der Waals surface area (Å²) in [4.78, 5) is 0.282. The fourth-order valence-corrected chi connectivity index (χ4v) is 4.13. The quantitative estimate of drug-likeness (QED) is 0.401. The number of halogens is 1. The van der Waals surface area contributed by atoms with Crippen molar-refractivity contribution in [3.63, 3.8) is 0 Å². The lowest BCUT2D eigenvalue weighted by atomic mass is 10.0. The Bertz CT molecular complexity index is 1320. The molecule has 3 aromatic carbocycles. The average molecular weight is 437 g/mol. The molecule has 0 aliphatic rings. The largest absolute Gasteiger partial charge is 0.232 e. The zero-order valence-corrected chi connectivity index (χ0v) is 18.5. The van der Waals surface area contributed by atoms with Crippen LogP contribution in [-0.4, -0.2) is 24.5 Å². The summed E-state index contributed by atoms with van der Waals surface area (Å²) < 4.78 is 25.5. The van der Waals surface area contributed by atoms with Gasteiger partial charge in [-0.2, -0.15) is 5.10 Å². The minimum Gasteiger partial charge on any atom is -0.232 e. The van der Waals surface area contributed by atoms with E-state index in [2.05, 4.69) is 38.1 Å². The predicted molar refractivity (Wildman–Crippen MR) is 122 cm³/mol. The number of benzene rings is 3. The summed E-state index contributed by atoms with van der Waals surface area (Å²) in [5, 5.41) is 5.51. The van der Waals surface area contributed by atoms with Crippen molar-refractivity contribution in [2.24, 2.45) is 0 Å². The lowest BCUT2D eigenvalue weighted by molar-refractivity contribution is 0.602. The SMILES string of the molecule is Cc1ccc(C)c(-c2cc(-c3ccc(Cl)cc3)nn2-c2ccc(S(C)(=O)=O)cc2)c1. The van der Waals surface area contributed by atoms with E-state index >= 15 is 0 Å². The molecule has 4 rings (SSSR count). The summed E-state index contributed by atoms with van der Waals surface area (Å²) in [6.45, 7) is 4.13. The molecule has 0 aliphatic carbocycles. The van der Waals surface area contributed by atoms with E-state index in [0.717, 1.165) is 39.3 Å². The third kappa shape index (κ3) is 4.04. The first-order valence-electron chi connectivity index (χ1n) is 9.46. The molecule has 0 saturated carbocycles. The van der Waals surface area contributed by atoms with Crippen LogP contribution in [0.15, 0.2) is 77.7 Å². The van der Waals surface area contributed by atoms with Gasteiger partial charge < -0.3 is 0 Å². The first-order chi connectivity index (χ1) is 14.2. The Hall–Kier alpha value is -2.89. The smallest absolute Gasteiger partial charge is 0.175 e. The van der Waals surface area contributed by atoms with E-state index in [9.17, 15) is 8.42 Å². The first kappa shape index (κ1) is 20.4. The lowest BCUT2D eigenvalue weighted by Crippen LogP contribution is -2.02. The molecular formula is C24H21ClN2O2S. The molecule has 0 amide bonds. The molecule has 4 aromatic rings. The van der Waals surface area contributed by atoms with Crippen LogP contribution in [-0.2, 0) is 9.84 Å². The third-order valence-electron chi connectivity index (χ3n) is 5.03. The summed E-state index contributed by atoms with van der Waals surface area (Å²) in [6.07, 6.45) is 1.20. The van der Waals surface area contributed by atoms with E-state index in [1.54, 1.807) is 24.3 Å². The Kier molecular flexibility index (Phi) is 5.26. The molecular weight excluding hydrogens is 416 g/mol. The van der Waals surface area contributed by atoms with E-state index < -0.39 is 9.84 Å². The van der Waals surface area contributed by atoms with Crippen LogP contribution in [0, 0.1) is 13.8 Å². The van der Waals surface area contributed by atoms with Gasteiger partial charge in [0.05, 0.1) is 22.0 Å². The minimum absolute atomic E-state index is 0.282. The molecule has 0 aliphatic heterocycles. The van der Waals surface area contributed by atoms with Crippen molar-refractivity contribution in [2.75, 3.05) is 6.26 Å². The molecule has 1 aromatic heterocycles. The van der Waals surface area contributed by atoms with Gasteiger partial charge >= 0.3 is 0 Å². The van der Waals surface area contributed by atoms with Crippen molar-refractivity contribution in [3.8, 4) is 28.2 Å². The number of aryl methyl sites for hydroxylation is 2. The van der Waals surface area contributed by atoms with Crippen LogP contribution in [0.3, 0.4) is 0 Å². The van der Waals surface area contributed by atoms with Crippen LogP contribution in [0.5, 0.6) is 0 Å². The van der Waals surface area contributed by atoms with Gasteiger partial charge in [-0.3, -0.25) is 0 Å². The highest BCUT2D eigenvalue weighted by molar-refractivity contribution is 7.90. The zero-order valence-electron chi connectivity index (χ0n) is 16.9. The average Bonchev–Trinajstić information content (AvgIpc) is 3.15. The fourth-order valence-electron chi connectivity index (χ4n) is 3.38. The number of sulfone groups is 1. The second kappa shape index (κ2) is 7.74. The second-order valence-corrected chi connectivity index (χ2v) is 9.87. The molecule has 30 heavy (non-hydrogen) atoms. The van der Waals surface area contributed by atoms with E-state index in [4.69, 9.17) is 16.7 Å². The molecule has 0 spiro atoms. The summed E-state index contributed by atoms with van der Waals surface area (Å²) in [7, 11) is -3.26. The van der Waals surface area contributed by atoms with Gasteiger partial charge in [-0.1, -0.05) is 41.4 Å². The van der Waals surface area contributed by atoms with Crippen molar-refractivity contribution in [1.82, 2.24) is 9.78 Å². The van der Waals surface area contributed by atoms with Gasteiger partial charge in [-0.25, -0.2) is 13.1 Å². The molecule has 0 bridgehead atoms. The number of hydrogen-bond acceptors (Lipinski definition) is 3. The lowest BCUT2D eigenvalue weighted by Gasteiger charge is -2.11.